The van der Waals surface area contributed by atoms with Crippen LogP contribution in [-0.2, 0) is 13.1 Å². The SMILES string of the molecule is Cc1cnc(CNCc2cccc(Br)n2)o1. The van der Waals surface area contributed by atoms with Gasteiger partial charge in [-0.3, -0.25) is 0 Å². The van der Waals surface area contributed by atoms with Gasteiger partial charge < -0.3 is 9.73 Å². The predicted octanol–water partition coefficient (Wildman–Crippen LogP) is 2.43. The smallest absolute Gasteiger partial charge is 0.208 e. The first-order chi connectivity index (χ1) is 7.74. The van der Waals surface area contributed by atoms with E-state index in [-0.39, 0.29) is 0 Å². The number of aromatic nitrogens is 2. The van der Waals surface area contributed by atoms with Crippen molar-refractivity contribution in [3.8, 4) is 0 Å². The summed E-state index contributed by atoms with van der Waals surface area (Å²) in [5.74, 6) is 1.53. The molecule has 0 saturated heterocycles. The van der Waals surface area contributed by atoms with Gasteiger partial charge in [0.25, 0.3) is 0 Å². The molecule has 2 aromatic heterocycles. The number of oxazole rings is 1. The second kappa shape index (κ2) is 5.23. The van der Waals surface area contributed by atoms with Crippen LogP contribution in [0.5, 0.6) is 0 Å². The summed E-state index contributed by atoms with van der Waals surface area (Å²) in [6, 6.07) is 5.84. The maximum Gasteiger partial charge on any atom is 0.208 e. The van der Waals surface area contributed by atoms with Crippen molar-refractivity contribution in [3.05, 3.63) is 46.3 Å². The molecule has 4 nitrogen and oxygen atoms in total. The lowest BCUT2D eigenvalue weighted by molar-refractivity contribution is 0.448. The monoisotopic (exact) mass is 281 g/mol. The number of hydrogen-bond donors (Lipinski definition) is 1. The van der Waals surface area contributed by atoms with Crippen LogP contribution < -0.4 is 5.32 Å². The highest BCUT2D eigenvalue weighted by atomic mass is 79.9. The molecule has 0 spiro atoms. The minimum absolute atomic E-state index is 0.613. The van der Waals surface area contributed by atoms with Crippen LogP contribution in [0.15, 0.2) is 33.4 Å². The minimum atomic E-state index is 0.613. The van der Waals surface area contributed by atoms with Gasteiger partial charge in [0.15, 0.2) is 0 Å². The van der Waals surface area contributed by atoms with E-state index in [4.69, 9.17) is 4.42 Å². The van der Waals surface area contributed by atoms with Crippen LogP contribution in [0.25, 0.3) is 0 Å². The van der Waals surface area contributed by atoms with Crippen molar-refractivity contribution in [1.82, 2.24) is 15.3 Å². The summed E-state index contributed by atoms with van der Waals surface area (Å²) in [4.78, 5) is 8.42. The Bertz CT molecular complexity index is 470. The van der Waals surface area contributed by atoms with E-state index >= 15 is 0 Å². The Kier molecular flexibility index (Phi) is 3.69. The zero-order valence-corrected chi connectivity index (χ0v) is 10.5. The van der Waals surface area contributed by atoms with Crippen LogP contribution in [0.4, 0.5) is 0 Å². The second-order valence-corrected chi connectivity index (χ2v) is 4.23. The van der Waals surface area contributed by atoms with Crippen molar-refractivity contribution >= 4 is 15.9 Å². The average Bonchev–Trinajstić information content (AvgIpc) is 2.64. The molecule has 0 aliphatic rings. The highest BCUT2D eigenvalue weighted by Crippen LogP contribution is 2.06. The van der Waals surface area contributed by atoms with Crippen molar-refractivity contribution < 1.29 is 4.42 Å². The summed E-state index contributed by atoms with van der Waals surface area (Å²) in [5, 5.41) is 3.22. The summed E-state index contributed by atoms with van der Waals surface area (Å²) in [7, 11) is 0. The summed E-state index contributed by atoms with van der Waals surface area (Å²) < 4.78 is 6.19. The first-order valence-electron chi connectivity index (χ1n) is 4.97. The van der Waals surface area contributed by atoms with Crippen molar-refractivity contribution in [3.63, 3.8) is 0 Å². The molecule has 0 aliphatic heterocycles. The van der Waals surface area contributed by atoms with Gasteiger partial charge in [0, 0.05) is 6.54 Å². The summed E-state index contributed by atoms with van der Waals surface area (Å²) >= 11 is 3.33. The number of nitrogens with zero attached hydrogens (tertiary/aromatic N) is 2. The van der Waals surface area contributed by atoms with Crippen molar-refractivity contribution in [2.45, 2.75) is 20.0 Å². The highest BCUT2D eigenvalue weighted by Gasteiger charge is 2.00. The Morgan fingerprint density at radius 2 is 2.25 bits per heavy atom. The van der Waals surface area contributed by atoms with E-state index in [1.807, 2.05) is 25.1 Å². The predicted molar refractivity (Wildman–Crippen MR) is 63.7 cm³/mol. The third-order valence-electron chi connectivity index (χ3n) is 2.02. The number of aryl methyl sites for hydroxylation is 1. The van der Waals surface area contributed by atoms with Crippen LogP contribution >= 0.6 is 15.9 Å². The van der Waals surface area contributed by atoms with Gasteiger partial charge in [0.05, 0.1) is 18.4 Å². The van der Waals surface area contributed by atoms with Crippen LogP contribution in [0, 0.1) is 6.92 Å². The van der Waals surface area contributed by atoms with E-state index in [1.54, 1.807) is 6.20 Å². The standard InChI is InChI=1S/C11H12BrN3O/c1-8-5-14-11(16-8)7-13-6-9-3-2-4-10(12)15-9/h2-5,13H,6-7H2,1H3. The average molecular weight is 282 g/mol. The van der Waals surface area contributed by atoms with Crippen LogP contribution in [0.3, 0.4) is 0 Å². The fraction of sp³-hybridized carbons (Fsp3) is 0.273. The summed E-state index contributed by atoms with van der Waals surface area (Å²) in [6.45, 7) is 3.19. The van der Waals surface area contributed by atoms with Crippen LogP contribution in [0.1, 0.15) is 17.3 Å². The maximum absolute atomic E-state index is 5.34. The molecule has 5 heteroatoms. The molecular weight excluding hydrogens is 270 g/mol. The van der Waals surface area contributed by atoms with Gasteiger partial charge in [0.2, 0.25) is 5.89 Å². The molecule has 2 aromatic rings. The van der Waals surface area contributed by atoms with E-state index in [0.717, 1.165) is 16.1 Å². The van der Waals surface area contributed by atoms with E-state index in [0.29, 0.717) is 19.0 Å². The van der Waals surface area contributed by atoms with Gasteiger partial charge >= 0.3 is 0 Å². The third kappa shape index (κ3) is 3.15. The second-order valence-electron chi connectivity index (χ2n) is 3.42. The van der Waals surface area contributed by atoms with Gasteiger partial charge in [0.1, 0.15) is 10.4 Å². The Hall–Kier alpha value is -1.20. The molecule has 0 bridgehead atoms. The Labute approximate surface area is 102 Å². The molecule has 0 atom stereocenters. The lowest BCUT2D eigenvalue weighted by Gasteiger charge is -2.01. The molecule has 0 aliphatic carbocycles. The Morgan fingerprint density at radius 3 is 2.94 bits per heavy atom. The molecule has 2 rings (SSSR count). The molecular formula is C11H12BrN3O. The summed E-state index contributed by atoms with van der Waals surface area (Å²) in [6.07, 6.45) is 1.72. The zero-order valence-electron chi connectivity index (χ0n) is 8.90. The first-order valence-corrected chi connectivity index (χ1v) is 5.77. The molecule has 0 amide bonds. The van der Waals surface area contributed by atoms with Gasteiger partial charge in [-0.2, -0.15) is 0 Å². The van der Waals surface area contributed by atoms with E-state index in [9.17, 15) is 0 Å². The zero-order chi connectivity index (χ0) is 11.4. The number of hydrogen-bond acceptors (Lipinski definition) is 4. The van der Waals surface area contributed by atoms with Crippen molar-refractivity contribution in [2.24, 2.45) is 0 Å². The normalized spacial score (nSPS) is 10.6. The molecule has 16 heavy (non-hydrogen) atoms. The highest BCUT2D eigenvalue weighted by molar-refractivity contribution is 9.10. The fourth-order valence-corrected chi connectivity index (χ4v) is 1.71. The van der Waals surface area contributed by atoms with E-state index in [2.05, 4.69) is 31.2 Å². The Morgan fingerprint density at radius 1 is 1.38 bits per heavy atom. The van der Waals surface area contributed by atoms with Gasteiger partial charge in [-0.15, -0.1) is 0 Å². The number of pyridine rings is 1. The Balaban J connectivity index is 1.84. The molecule has 0 saturated carbocycles. The third-order valence-corrected chi connectivity index (χ3v) is 2.47. The lowest BCUT2D eigenvalue weighted by Crippen LogP contribution is -2.13. The fourth-order valence-electron chi connectivity index (χ4n) is 1.33. The largest absolute Gasteiger partial charge is 0.445 e. The molecule has 2 heterocycles. The first kappa shape index (κ1) is 11.3. The molecule has 0 fully saturated rings. The number of rotatable bonds is 4. The topological polar surface area (TPSA) is 51.0 Å². The van der Waals surface area contributed by atoms with Crippen LogP contribution in [0.2, 0.25) is 0 Å². The maximum atomic E-state index is 5.34. The molecule has 84 valence electrons. The number of nitrogens with one attached hydrogen (secondary N) is 1. The quantitative estimate of drug-likeness (QED) is 0.875. The number of halogens is 1. The van der Waals surface area contributed by atoms with Crippen molar-refractivity contribution in [1.29, 1.82) is 0 Å². The van der Waals surface area contributed by atoms with E-state index in [1.165, 1.54) is 0 Å². The molecule has 0 unspecified atom stereocenters. The minimum Gasteiger partial charge on any atom is -0.445 e. The van der Waals surface area contributed by atoms with Gasteiger partial charge in [-0.1, -0.05) is 6.07 Å². The van der Waals surface area contributed by atoms with Gasteiger partial charge in [-0.25, -0.2) is 9.97 Å². The summed E-state index contributed by atoms with van der Waals surface area (Å²) in [5.41, 5.74) is 0.984. The molecule has 0 aromatic carbocycles. The molecule has 0 radical (unpaired) electrons. The van der Waals surface area contributed by atoms with Crippen molar-refractivity contribution in [2.75, 3.05) is 0 Å². The molecule has 1 N–H and O–H groups in total. The van der Waals surface area contributed by atoms with Crippen LogP contribution in [-0.4, -0.2) is 9.97 Å². The van der Waals surface area contributed by atoms with Gasteiger partial charge in [-0.05, 0) is 35.0 Å². The lowest BCUT2D eigenvalue weighted by atomic mass is 10.3. The van der Waals surface area contributed by atoms with E-state index < -0.39 is 0 Å².